The van der Waals surface area contributed by atoms with Crippen LogP contribution < -0.4 is 0 Å². The second kappa shape index (κ2) is 7.16. The monoisotopic (exact) mass is 326 g/mol. The molecule has 0 aliphatic heterocycles. The van der Waals surface area contributed by atoms with Crippen molar-refractivity contribution >= 4 is 11.4 Å². The molecule has 1 aliphatic carbocycles. The number of fused-ring (bicyclic) bond motifs is 3. The van der Waals surface area contributed by atoms with Crippen molar-refractivity contribution in [1.82, 2.24) is 0 Å². The van der Waals surface area contributed by atoms with Crippen molar-refractivity contribution in [2.75, 3.05) is 0 Å². The lowest BCUT2D eigenvalue weighted by Gasteiger charge is -2.09. The van der Waals surface area contributed by atoms with Crippen molar-refractivity contribution < 1.29 is 4.79 Å². The smallest absolute Gasteiger partial charge is 0.270 e. The number of Topliss-reactive ketones (excluding diaryl/α,β-unsaturated/α-hetero) is 1. The van der Waals surface area contributed by atoms with Gasteiger partial charge in [-0.25, -0.2) is 10.1 Å². The van der Waals surface area contributed by atoms with Crippen LogP contribution in [0.1, 0.15) is 54.1 Å². The van der Waals surface area contributed by atoms with E-state index in [9.17, 15) is 10.1 Å². The minimum Gasteiger partial charge on any atom is -0.294 e. The summed E-state index contributed by atoms with van der Waals surface area (Å²) in [5.74, 6) is 0.127. The summed E-state index contributed by atoms with van der Waals surface area (Å²) in [5.41, 5.74) is 4.88. The van der Waals surface area contributed by atoms with Gasteiger partial charge < -0.3 is 0 Å². The summed E-state index contributed by atoms with van der Waals surface area (Å²) in [4.78, 5) is 16.2. The summed E-state index contributed by atoms with van der Waals surface area (Å²) in [6.07, 6.45) is 3.53. The Morgan fingerprint density at radius 1 is 1.08 bits per heavy atom. The average molecular weight is 326 g/mol. The van der Waals surface area contributed by atoms with Gasteiger partial charge in [0.1, 0.15) is 0 Å². The average Bonchev–Trinajstić information content (AvgIpc) is 2.98. The van der Waals surface area contributed by atoms with Gasteiger partial charge in [-0.2, -0.15) is 0 Å². The number of hydrogen-bond donors (Lipinski definition) is 0. The minimum atomic E-state index is 0.0711. The van der Waals surface area contributed by atoms with Gasteiger partial charge in [0.25, 0.3) is 5.70 Å². The first kappa shape index (κ1) is 16.7. The standard InChI is InChI=1S/C22H18N2O/c1-3-4-5-13-20(25)17-11-8-12-18-21(17)15-9-6-7-10-16(15)22(18)19(14-23)24-2/h6-12H,3-5,13H2,1H3/b22-19+. The zero-order valence-corrected chi connectivity index (χ0v) is 14.2. The maximum atomic E-state index is 12.8. The zero-order valence-electron chi connectivity index (χ0n) is 14.2. The molecule has 122 valence electrons. The Labute approximate surface area is 148 Å². The van der Waals surface area contributed by atoms with Crippen LogP contribution in [0, 0.1) is 17.9 Å². The Morgan fingerprint density at radius 2 is 1.80 bits per heavy atom. The first-order valence-electron chi connectivity index (χ1n) is 8.51. The Morgan fingerprint density at radius 3 is 2.48 bits per heavy atom. The van der Waals surface area contributed by atoms with Gasteiger partial charge in [-0.15, -0.1) is 0 Å². The molecule has 0 saturated carbocycles. The van der Waals surface area contributed by atoms with E-state index in [0.29, 0.717) is 17.6 Å². The predicted octanol–water partition coefficient (Wildman–Crippen LogP) is 5.63. The third-order valence-electron chi connectivity index (χ3n) is 4.56. The quantitative estimate of drug-likeness (QED) is 0.264. The summed E-state index contributed by atoms with van der Waals surface area (Å²) in [5, 5.41) is 9.37. The first-order valence-corrected chi connectivity index (χ1v) is 8.51. The Balaban J connectivity index is 2.21. The number of hydrogen-bond acceptors (Lipinski definition) is 2. The van der Waals surface area contributed by atoms with E-state index in [1.807, 2.05) is 48.5 Å². The molecule has 0 amide bonds. The molecule has 3 heteroatoms. The number of allylic oxidation sites excluding steroid dienone is 1. The summed E-state index contributed by atoms with van der Waals surface area (Å²) in [7, 11) is 0. The number of ketones is 1. The van der Waals surface area contributed by atoms with Crippen molar-refractivity contribution in [3.8, 4) is 17.2 Å². The molecule has 0 fully saturated rings. The molecule has 0 N–H and O–H groups in total. The molecule has 2 aromatic carbocycles. The highest BCUT2D eigenvalue weighted by Crippen LogP contribution is 2.47. The van der Waals surface area contributed by atoms with E-state index in [1.54, 1.807) is 0 Å². The number of carbonyl (C=O) groups is 1. The largest absolute Gasteiger partial charge is 0.294 e. The predicted molar refractivity (Wildman–Crippen MR) is 98.6 cm³/mol. The van der Waals surface area contributed by atoms with E-state index in [-0.39, 0.29) is 11.5 Å². The van der Waals surface area contributed by atoms with E-state index in [1.165, 1.54) is 0 Å². The fourth-order valence-corrected chi connectivity index (χ4v) is 3.41. The lowest BCUT2D eigenvalue weighted by atomic mass is 9.94. The lowest BCUT2D eigenvalue weighted by molar-refractivity contribution is 0.0980. The van der Waals surface area contributed by atoms with Gasteiger partial charge in [-0.05, 0) is 28.7 Å². The summed E-state index contributed by atoms with van der Waals surface area (Å²) < 4.78 is 0. The normalized spacial score (nSPS) is 13.4. The molecule has 0 spiro atoms. The Hall–Kier alpha value is -3.17. The van der Waals surface area contributed by atoms with Crippen molar-refractivity contribution in [2.45, 2.75) is 32.6 Å². The van der Waals surface area contributed by atoms with E-state index < -0.39 is 0 Å². The van der Waals surface area contributed by atoms with Gasteiger partial charge >= 0.3 is 0 Å². The van der Waals surface area contributed by atoms with Crippen LogP contribution in [0.15, 0.2) is 48.2 Å². The summed E-state index contributed by atoms with van der Waals surface area (Å²) in [6, 6.07) is 15.3. The van der Waals surface area contributed by atoms with Crippen LogP contribution in [0.2, 0.25) is 0 Å². The molecule has 3 nitrogen and oxygen atoms in total. The summed E-state index contributed by atoms with van der Waals surface area (Å²) in [6.45, 7) is 9.45. The van der Waals surface area contributed by atoms with Crippen LogP contribution in [-0.2, 0) is 0 Å². The molecule has 0 aromatic heterocycles. The van der Waals surface area contributed by atoms with E-state index in [0.717, 1.165) is 41.5 Å². The molecular weight excluding hydrogens is 308 g/mol. The van der Waals surface area contributed by atoms with Crippen LogP contribution in [0.4, 0.5) is 0 Å². The highest BCUT2D eigenvalue weighted by atomic mass is 16.1. The molecule has 0 saturated heterocycles. The van der Waals surface area contributed by atoms with Gasteiger partial charge in [0.15, 0.2) is 5.78 Å². The van der Waals surface area contributed by atoms with Crippen molar-refractivity contribution in [1.29, 1.82) is 5.26 Å². The number of nitriles is 1. The Bertz CT molecular complexity index is 939. The summed E-state index contributed by atoms with van der Waals surface area (Å²) >= 11 is 0. The van der Waals surface area contributed by atoms with Crippen molar-refractivity contribution in [3.63, 3.8) is 0 Å². The number of nitrogens with zero attached hydrogens (tertiary/aromatic N) is 2. The maximum Gasteiger partial charge on any atom is 0.270 e. The lowest BCUT2D eigenvalue weighted by Crippen LogP contribution is -2.02. The molecule has 0 radical (unpaired) electrons. The molecular formula is C22H18N2O. The second-order valence-corrected chi connectivity index (χ2v) is 6.10. The molecule has 2 aromatic rings. The van der Waals surface area contributed by atoms with Crippen LogP contribution in [0.5, 0.6) is 0 Å². The van der Waals surface area contributed by atoms with Gasteiger partial charge in [0.2, 0.25) is 0 Å². The number of unbranched alkanes of at least 4 members (excludes halogenated alkanes) is 2. The SMILES string of the molecule is [C-]#[N+]/C(C#N)=C1\c2ccccc2-c2c(C(=O)CCCCC)cccc21. The van der Waals surface area contributed by atoms with E-state index in [2.05, 4.69) is 11.8 Å². The minimum absolute atomic E-state index is 0.0711. The fourth-order valence-electron chi connectivity index (χ4n) is 3.41. The van der Waals surface area contributed by atoms with Crippen LogP contribution in [0.3, 0.4) is 0 Å². The third kappa shape index (κ3) is 2.86. The van der Waals surface area contributed by atoms with Crippen LogP contribution in [0.25, 0.3) is 21.5 Å². The van der Waals surface area contributed by atoms with Crippen molar-refractivity contribution in [3.05, 3.63) is 76.3 Å². The highest BCUT2D eigenvalue weighted by molar-refractivity contribution is 6.12. The van der Waals surface area contributed by atoms with E-state index in [4.69, 9.17) is 6.57 Å². The zero-order chi connectivity index (χ0) is 17.8. The van der Waals surface area contributed by atoms with Crippen LogP contribution in [-0.4, -0.2) is 5.78 Å². The molecule has 0 heterocycles. The molecule has 0 atom stereocenters. The first-order chi connectivity index (χ1) is 12.2. The van der Waals surface area contributed by atoms with Gasteiger partial charge in [0, 0.05) is 17.6 Å². The van der Waals surface area contributed by atoms with Gasteiger partial charge in [-0.3, -0.25) is 4.79 Å². The number of carbonyl (C=O) groups excluding carboxylic acids is 1. The number of rotatable bonds is 5. The molecule has 0 unspecified atom stereocenters. The third-order valence-corrected chi connectivity index (χ3v) is 4.56. The number of benzene rings is 2. The molecule has 0 bridgehead atoms. The molecule has 1 aliphatic rings. The Kier molecular flexibility index (Phi) is 4.78. The fraction of sp³-hybridized carbons (Fsp3) is 0.227. The molecule has 3 rings (SSSR count). The van der Waals surface area contributed by atoms with E-state index >= 15 is 0 Å². The highest BCUT2D eigenvalue weighted by Gasteiger charge is 2.29. The van der Waals surface area contributed by atoms with Crippen LogP contribution >= 0.6 is 0 Å². The molecule has 25 heavy (non-hydrogen) atoms. The maximum absolute atomic E-state index is 12.8. The topological polar surface area (TPSA) is 45.2 Å². The van der Waals surface area contributed by atoms with Gasteiger partial charge in [0.05, 0.1) is 12.6 Å². The second-order valence-electron chi connectivity index (χ2n) is 6.10. The van der Waals surface area contributed by atoms with Gasteiger partial charge in [-0.1, -0.05) is 62.2 Å². The van der Waals surface area contributed by atoms with Crippen molar-refractivity contribution in [2.24, 2.45) is 0 Å².